The predicted octanol–water partition coefficient (Wildman–Crippen LogP) is 2.03. The highest BCUT2D eigenvalue weighted by molar-refractivity contribution is 7.89. The summed E-state index contributed by atoms with van der Waals surface area (Å²) in [6.45, 7) is 2.77. The van der Waals surface area contributed by atoms with Crippen LogP contribution in [0, 0.1) is 0 Å². The van der Waals surface area contributed by atoms with E-state index >= 15 is 0 Å². The quantitative estimate of drug-likeness (QED) is 0.510. The smallest absolute Gasteiger partial charge is 0.414 e. The van der Waals surface area contributed by atoms with E-state index in [4.69, 9.17) is 45.6 Å². The van der Waals surface area contributed by atoms with E-state index in [1.54, 1.807) is 45.6 Å². The number of carboxylic acids is 2. The van der Waals surface area contributed by atoms with E-state index in [0.29, 0.717) is 55.0 Å². The lowest BCUT2D eigenvalue weighted by Crippen LogP contribution is -2.48. The number of rotatable bonds is 7. The van der Waals surface area contributed by atoms with E-state index in [1.165, 1.54) is 4.31 Å². The minimum atomic E-state index is -3.51. The summed E-state index contributed by atoms with van der Waals surface area (Å²) < 4.78 is 43.3. The van der Waals surface area contributed by atoms with Gasteiger partial charge in [-0.2, -0.15) is 4.31 Å². The Morgan fingerprint density at radius 1 is 0.886 bits per heavy atom. The highest BCUT2D eigenvalue weighted by atomic mass is 35.5. The van der Waals surface area contributed by atoms with Crippen molar-refractivity contribution < 1.29 is 42.4 Å². The summed E-state index contributed by atoms with van der Waals surface area (Å²) in [7, 11) is 1.23. The molecule has 2 aromatic rings. The molecule has 2 aromatic carbocycles. The normalized spacial score (nSPS) is 14.4. The summed E-state index contributed by atoms with van der Waals surface area (Å²) in [6, 6.07) is 10.1. The van der Waals surface area contributed by atoms with Gasteiger partial charge in [-0.15, -0.1) is 0 Å². The monoisotopic (exact) mass is 530 g/mol. The number of halogens is 1. The second-order valence-electron chi connectivity index (χ2n) is 7.28. The van der Waals surface area contributed by atoms with Crippen molar-refractivity contribution in [1.82, 2.24) is 9.21 Å². The number of methoxy groups -OCH3 is 3. The topological polar surface area (TPSA) is 143 Å². The van der Waals surface area contributed by atoms with Crippen molar-refractivity contribution in [1.29, 1.82) is 0 Å². The highest BCUT2D eigenvalue weighted by Crippen LogP contribution is 2.38. The second-order valence-corrected chi connectivity index (χ2v) is 9.65. The third-order valence-electron chi connectivity index (χ3n) is 5.10. The number of hydrogen-bond donors (Lipinski definition) is 2. The molecule has 13 heteroatoms. The lowest BCUT2D eigenvalue weighted by atomic mass is 10.1. The van der Waals surface area contributed by atoms with Crippen molar-refractivity contribution in [3.05, 3.63) is 47.0 Å². The zero-order chi connectivity index (χ0) is 26.2. The Labute approximate surface area is 208 Å². The van der Waals surface area contributed by atoms with Gasteiger partial charge in [0.15, 0.2) is 11.5 Å². The molecule has 0 amide bonds. The van der Waals surface area contributed by atoms with E-state index in [-0.39, 0.29) is 4.90 Å². The third-order valence-corrected chi connectivity index (χ3v) is 7.26. The minimum absolute atomic E-state index is 0.264. The van der Waals surface area contributed by atoms with E-state index in [2.05, 4.69) is 4.90 Å². The fourth-order valence-electron chi connectivity index (χ4n) is 3.37. The van der Waals surface area contributed by atoms with Crippen molar-refractivity contribution in [3.63, 3.8) is 0 Å². The average Bonchev–Trinajstić information content (AvgIpc) is 2.84. The molecule has 11 nitrogen and oxygen atoms in total. The maximum Gasteiger partial charge on any atom is 0.414 e. The van der Waals surface area contributed by atoms with E-state index < -0.39 is 22.0 Å². The van der Waals surface area contributed by atoms with E-state index in [0.717, 1.165) is 5.56 Å². The molecule has 2 N–H and O–H groups in total. The fraction of sp³-hybridized carbons (Fsp3) is 0.364. The number of nitrogens with zero attached hydrogens (tertiary/aromatic N) is 2. The van der Waals surface area contributed by atoms with E-state index in [1.807, 2.05) is 12.1 Å². The second kappa shape index (κ2) is 12.6. The van der Waals surface area contributed by atoms with Gasteiger partial charge in [0.2, 0.25) is 15.8 Å². The number of sulfonamides is 1. The van der Waals surface area contributed by atoms with Crippen LogP contribution in [0.15, 0.2) is 41.3 Å². The average molecular weight is 531 g/mol. The molecule has 0 aliphatic carbocycles. The summed E-state index contributed by atoms with van der Waals surface area (Å²) in [5, 5.41) is 15.3. The minimum Gasteiger partial charge on any atom is -0.493 e. The lowest BCUT2D eigenvalue weighted by molar-refractivity contribution is -0.159. The predicted molar refractivity (Wildman–Crippen MR) is 127 cm³/mol. The first kappa shape index (κ1) is 28.2. The first-order valence-electron chi connectivity index (χ1n) is 10.3. The van der Waals surface area contributed by atoms with Crippen LogP contribution in [0.5, 0.6) is 17.2 Å². The molecule has 1 saturated heterocycles. The Kier molecular flexibility index (Phi) is 10.1. The van der Waals surface area contributed by atoms with Gasteiger partial charge in [-0.05, 0) is 42.0 Å². The Balaban J connectivity index is 0.000000641. The molecule has 0 atom stereocenters. The van der Waals surface area contributed by atoms with Crippen LogP contribution < -0.4 is 14.2 Å². The van der Waals surface area contributed by atoms with Gasteiger partial charge in [0.05, 0.1) is 26.2 Å². The van der Waals surface area contributed by atoms with E-state index in [9.17, 15) is 8.42 Å². The van der Waals surface area contributed by atoms with Gasteiger partial charge in [0.25, 0.3) is 0 Å². The van der Waals surface area contributed by atoms with Crippen LogP contribution in [0.3, 0.4) is 0 Å². The van der Waals surface area contributed by atoms with Crippen molar-refractivity contribution in [2.45, 2.75) is 11.4 Å². The molecule has 3 rings (SSSR count). The molecule has 1 aliphatic rings. The van der Waals surface area contributed by atoms with Crippen molar-refractivity contribution >= 4 is 33.6 Å². The molecule has 192 valence electrons. The number of benzene rings is 2. The van der Waals surface area contributed by atoms with Crippen molar-refractivity contribution in [2.75, 3.05) is 47.5 Å². The number of ether oxygens (including phenoxy) is 3. The number of carboxylic acid groups (broad SMARTS) is 2. The number of hydrogen-bond acceptors (Lipinski definition) is 8. The molecule has 0 bridgehead atoms. The fourth-order valence-corrected chi connectivity index (χ4v) is 4.92. The van der Waals surface area contributed by atoms with Gasteiger partial charge in [0.1, 0.15) is 0 Å². The van der Waals surface area contributed by atoms with Crippen LogP contribution in [0.1, 0.15) is 5.56 Å². The molecule has 0 radical (unpaired) electrons. The summed E-state index contributed by atoms with van der Waals surface area (Å²) in [6.07, 6.45) is 0. The molecule has 1 aliphatic heterocycles. The summed E-state index contributed by atoms with van der Waals surface area (Å²) in [5.41, 5.74) is 1.01. The number of aliphatic carboxylic acids is 2. The van der Waals surface area contributed by atoms with Gasteiger partial charge in [-0.3, -0.25) is 4.90 Å². The van der Waals surface area contributed by atoms with Crippen molar-refractivity contribution in [3.8, 4) is 17.2 Å². The van der Waals surface area contributed by atoms with Crippen LogP contribution in [0.2, 0.25) is 5.02 Å². The summed E-state index contributed by atoms with van der Waals surface area (Å²) in [4.78, 5) is 20.7. The first-order valence-corrected chi connectivity index (χ1v) is 12.1. The Morgan fingerprint density at radius 2 is 1.37 bits per heavy atom. The van der Waals surface area contributed by atoms with Crippen LogP contribution in [-0.4, -0.2) is 87.3 Å². The maximum atomic E-state index is 12.8. The SMILES string of the molecule is COc1cc(CN2CCN(S(=O)(=O)c3ccc(Cl)cc3)CC2)cc(OC)c1OC.O=C(O)C(=O)O. The molecular weight excluding hydrogens is 504 g/mol. The van der Waals surface area contributed by atoms with Gasteiger partial charge < -0.3 is 24.4 Å². The highest BCUT2D eigenvalue weighted by Gasteiger charge is 2.28. The molecule has 0 saturated carbocycles. The Morgan fingerprint density at radius 3 is 1.77 bits per heavy atom. The van der Waals surface area contributed by atoms with Crippen LogP contribution in [-0.2, 0) is 26.2 Å². The van der Waals surface area contributed by atoms with Crippen LogP contribution in [0.25, 0.3) is 0 Å². The molecule has 0 aromatic heterocycles. The Hall–Kier alpha value is -3.06. The standard InChI is InChI=1S/C20H25ClN2O5S.C2H2O4/c1-26-18-12-15(13-19(27-2)20(18)28-3)14-22-8-10-23(11-9-22)29(24,25)17-6-4-16(21)5-7-17;3-1(4)2(5)6/h4-7,12-13H,8-11,14H2,1-3H3;(H,3,4)(H,5,6). The molecular formula is C22H27ClN2O9S. The largest absolute Gasteiger partial charge is 0.493 e. The lowest BCUT2D eigenvalue weighted by Gasteiger charge is -2.34. The van der Waals surface area contributed by atoms with Gasteiger partial charge in [-0.1, -0.05) is 11.6 Å². The van der Waals surface area contributed by atoms with Gasteiger partial charge in [-0.25, -0.2) is 18.0 Å². The van der Waals surface area contributed by atoms with Crippen LogP contribution >= 0.6 is 11.6 Å². The van der Waals surface area contributed by atoms with Gasteiger partial charge in [0, 0.05) is 37.7 Å². The first-order chi connectivity index (χ1) is 16.5. The summed E-state index contributed by atoms with van der Waals surface area (Å²) >= 11 is 5.87. The van der Waals surface area contributed by atoms with Gasteiger partial charge >= 0.3 is 11.9 Å². The molecule has 1 heterocycles. The van der Waals surface area contributed by atoms with Crippen molar-refractivity contribution in [2.24, 2.45) is 0 Å². The summed E-state index contributed by atoms with van der Waals surface area (Å²) in [5.74, 6) is -1.89. The Bertz CT molecular complexity index is 1100. The van der Waals surface area contributed by atoms with Crippen LogP contribution in [0.4, 0.5) is 0 Å². The molecule has 1 fully saturated rings. The maximum absolute atomic E-state index is 12.8. The number of piperazine rings is 1. The molecule has 0 spiro atoms. The molecule has 35 heavy (non-hydrogen) atoms. The third kappa shape index (κ3) is 7.46. The number of carbonyl (C=O) groups is 2. The molecule has 0 unspecified atom stereocenters. The zero-order valence-electron chi connectivity index (χ0n) is 19.4. The zero-order valence-corrected chi connectivity index (χ0v) is 21.0.